The molecule has 3 aromatic rings. The van der Waals surface area contributed by atoms with Crippen LogP contribution < -0.4 is 10.6 Å². The van der Waals surface area contributed by atoms with Crippen LogP contribution in [0, 0.1) is 0 Å². The average Bonchev–Trinajstić information content (AvgIpc) is 2.56. The summed E-state index contributed by atoms with van der Waals surface area (Å²) in [4.78, 5) is 24.3. The van der Waals surface area contributed by atoms with Crippen LogP contribution in [0.5, 0.6) is 0 Å². The van der Waals surface area contributed by atoms with Gasteiger partial charge in [-0.3, -0.25) is 10.1 Å². The molecule has 0 saturated carbocycles. The first kappa shape index (κ1) is 15.1. The van der Waals surface area contributed by atoms with E-state index in [-0.39, 0.29) is 0 Å². The van der Waals surface area contributed by atoms with Gasteiger partial charge in [0.1, 0.15) is 0 Å². The van der Waals surface area contributed by atoms with Crippen LogP contribution in [0.4, 0.5) is 10.5 Å². The quantitative estimate of drug-likeness (QED) is 0.731. The van der Waals surface area contributed by atoms with Crippen LogP contribution in [0.3, 0.4) is 0 Å². The second-order valence-electron chi connectivity index (χ2n) is 4.91. The van der Waals surface area contributed by atoms with E-state index in [9.17, 15) is 9.59 Å². The second-order valence-corrected chi connectivity index (χ2v) is 5.32. The normalized spacial score (nSPS) is 10.3. The molecule has 0 aromatic heterocycles. The number of imide groups is 1. The predicted molar refractivity (Wildman–Crippen MR) is 91.9 cm³/mol. The molecule has 2 N–H and O–H groups in total. The Morgan fingerprint density at radius 1 is 0.826 bits per heavy atom. The zero-order valence-electron chi connectivity index (χ0n) is 12.0. The van der Waals surface area contributed by atoms with E-state index in [1.165, 1.54) is 0 Å². The molecule has 0 spiro atoms. The topological polar surface area (TPSA) is 58.2 Å². The Morgan fingerprint density at radius 3 is 2.35 bits per heavy atom. The second kappa shape index (κ2) is 6.50. The molecule has 3 rings (SSSR count). The van der Waals surface area contributed by atoms with Crippen LogP contribution in [0.15, 0.2) is 66.7 Å². The van der Waals surface area contributed by atoms with Crippen LogP contribution in [0.25, 0.3) is 10.8 Å². The molecule has 23 heavy (non-hydrogen) atoms. The van der Waals surface area contributed by atoms with Crippen LogP contribution in [0.1, 0.15) is 10.4 Å². The summed E-state index contributed by atoms with van der Waals surface area (Å²) in [5.74, 6) is -0.466. The maximum absolute atomic E-state index is 12.3. The number of para-hydroxylation sites is 1. The van der Waals surface area contributed by atoms with Gasteiger partial charge in [-0.15, -0.1) is 0 Å². The SMILES string of the molecule is O=C(NC(=O)c1cccc2ccccc12)Nc1ccccc1Cl. The summed E-state index contributed by atoms with van der Waals surface area (Å²) in [6.07, 6.45) is 0. The highest BCUT2D eigenvalue weighted by atomic mass is 35.5. The van der Waals surface area contributed by atoms with E-state index in [1.807, 2.05) is 30.3 Å². The molecular formula is C18H13ClN2O2. The van der Waals surface area contributed by atoms with Gasteiger partial charge in [0, 0.05) is 5.56 Å². The first-order valence-electron chi connectivity index (χ1n) is 7.00. The molecule has 0 radical (unpaired) electrons. The van der Waals surface area contributed by atoms with Gasteiger partial charge in [-0.05, 0) is 29.0 Å². The molecule has 0 aliphatic heterocycles. The van der Waals surface area contributed by atoms with Gasteiger partial charge in [0.05, 0.1) is 10.7 Å². The number of fused-ring (bicyclic) bond motifs is 1. The molecule has 0 aliphatic carbocycles. The molecule has 5 heteroatoms. The van der Waals surface area contributed by atoms with Crippen molar-refractivity contribution in [3.63, 3.8) is 0 Å². The molecule has 0 aliphatic rings. The maximum atomic E-state index is 12.3. The predicted octanol–water partition coefficient (Wildman–Crippen LogP) is 4.46. The lowest BCUT2D eigenvalue weighted by Crippen LogP contribution is -2.34. The number of hydrogen-bond acceptors (Lipinski definition) is 2. The monoisotopic (exact) mass is 324 g/mol. The van der Waals surface area contributed by atoms with Crippen molar-refractivity contribution in [3.05, 3.63) is 77.3 Å². The Labute approximate surface area is 138 Å². The average molecular weight is 325 g/mol. The number of benzene rings is 3. The molecule has 0 heterocycles. The number of carbonyl (C=O) groups excluding carboxylic acids is 2. The first-order valence-corrected chi connectivity index (χ1v) is 7.37. The molecule has 0 saturated heterocycles. The largest absolute Gasteiger partial charge is 0.326 e. The summed E-state index contributed by atoms with van der Waals surface area (Å²) in [6.45, 7) is 0. The lowest BCUT2D eigenvalue weighted by atomic mass is 10.0. The van der Waals surface area contributed by atoms with Crippen LogP contribution >= 0.6 is 11.6 Å². The van der Waals surface area contributed by atoms with Crippen LogP contribution in [-0.4, -0.2) is 11.9 Å². The zero-order chi connectivity index (χ0) is 16.2. The molecule has 0 bridgehead atoms. The molecule has 0 unspecified atom stereocenters. The fraction of sp³-hybridized carbons (Fsp3) is 0. The number of hydrogen-bond donors (Lipinski definition) is 2. The molecule has 0 fully saturated rings. The fourth-order valence-corrected chi connectivity index (χ4v) is 2.49. The molecule has 0 atom stereocenters. The first-order chi connectivity index (χ1) is 11.1. The lowest BCUT2D eigenvalue weighted by Gasteiger charge is -2.09. The van der Waals surface area contributed by atoms with E-state index in [0.717, 1.165) is 10.8 Å². The van der Waals surface area contributed by atoms with Crippen LogP contribution in [-0.2, 0) is 0 Å². The summed E-state index contributed by atoms with van der Waals surface area (Å²) < 4.78 is 0. The van der Waals surface area contributed by atoms with Crippen molar-refractivity contribution < 1.29 is 9.59 Å². The van der Waals surface area contributed by atoms with E-state index < -0.39 is 11.9 Å². The highest BCUT2D eigenvalue weighted by Gasteiger charge is 2.13. The minimum absolute atomic E-state index is 0.403. The number of urea groups is 1. The molecule has 114 valence electrons. The highest BCUT2D eigenvalue weighted by Crippen LogP contribution is 2.21. The Morgan fingerprint density at radius 2 is 1.52 bits per heavy atom. The minimum Gasteiger partial charge on any atom is -0.306 e. The van der Waals surface area contributed by atoms with Gasteiger partial charge in [-0.1, -0.05) is 60.1 Å². The van der Waals surface area contributed by atoms with Gasteiger partial charge in [-0.2, -0.15) is 0 Å². The van der Waals surface area contributed by atoms with Gasteiger partial charge in [0.2, 0.25) is 0 Å². The Kier molecular flexibility index (Phi) is 4.26. The third-order valence-corrected chi connectivity index (χ3v) is 3.71. The van der Waals surface area contributed by atoms with Gasteiger partial charge in [0.25, 0.3) is 5.91 Å². The van der Waals surface area contributed by atoms with Crippen molar-refractivity contribution in [3.8, 4) is 0 Å². The smallest absolute Gasteiger partial charge is 0.306 e. The van der Waals surface area contributed by atoms with Crippen molar-refractivity contribution in [1.82, 2.24) is 5.32 Å². The Hall–Kier alpha value is -2.85. The number of halogens is 1. The third-order valence-electron chi connectivity index (χ3n) is 3.38. The zero-order valence-corrected chi connectivity index (χ0v) is 12.8. The molecule has 3 amide bonds. The highest BCUT2D eigenvalue weighted by molar-refractivity contribution is 6.33. The summed E-state index contributed by atoms with van der Waals surface area (Å²) in [7, 11) is 0. The lowest BCUT2D eigenvalue weighted by molar-refractivity contribution is 0.0969. The number of rotatable bonds is 2. The summed E-state index contributed by atoms with van der Waals surface area (Å²) in [5.41, 5.74) is 0.884. The van der Waals surface area contributed by atoms with Gasteiger partial charge >= 0.3 is 6.03 Å². The van der Waals surface area contributed by atoms with E-state index >= 15 is 0 Å². The maximum Gasteiger partial charge on any atom is 0.326 e. The van der Waals surface area contributed by atoms with E-state index in [2.05, 4.69) is 10.6 Å². The van der Waals surface area contributed by atoms with Gasteiger partial charge in [0.15, 0.2) is 0 Å². The summed E-state index contributed by atoms with van der Waals surface area (Å²) in [5, 5.41) is 7.00. The van der Waals surface area contributed by atoms with Crippen molar-refractivity contribution >= 4 is 40.0 Å². The third kappa shape index (κ3) is 3.33. The number of carbonyl (C=O) groups is 2. The van der Waals surface area contributed by atoms with E-state index in [0.29, 0.717) is 16.3 Å². The number of nitrogens with one attached hydrogen (secondary N) is 2. The van der Waals surface area contributed by atoms with Crippen molar-refractivity contribution in [2.45, 2.75) is 0 Å². The number of amides is 3. The van der Waals surface area contributed by atoms with Crippen molar-refractivity contribution in [1.29, 1.82) is 0 Å². The van der Waals surface area contributed by atoms with Gasteiger partial charge in [-0.25, -0.2) is 4.79 Å². The summed E-state index contributed by atoms with van der Waals surface area (Å²) >= 11 is 5.97. The van der Waals surface area contributed by atoms with Crippen molar-refractivity contribution in [2.75, 3.05) is 5.32 Å². The minimum atomic E-state index is -0.629. The standard InChI is InChI=1S/C18H13ClN2O2/c19-15-10-3-4-11-16(15)20-18(23)21-17(22)14-9-5-7-12-6-1-2-8-13(12)14/h1-11H,(H2,20,21,22,23). The van der Waals surface area contributed by atoms with Gasteiger partial charge < -0.3 is 5.32 Å². The van der Waals surface area contributed by atoms with Crippen LogP contribution in [0.2, 0.25) is 5.02 Å². The Bertz CT molecular complexity index is 888. The summed E-state index contributed by atoms with van der Waals surface area (Å²) in [6, 6.07) is 19.1. The fourth-order valence-electron chi connectivity index (χ4n) is 2.31. The number of anilines is 1. The van der Waals surface area contributed by atoms with E-state index in [1.54, 1.807) is 36.4 Å². The van der Waals surface area contributed by atoms with Crippen molar-refractivity contribution in [2.24, 2.45) is 0 Å². The van der Waals surface area contributed by atoms with E-state index in [4.69, 9.17) is 11.6 Å². The molecular weight excluding hydrogens is 312 g/mol. The molecule has 3 aromatic carbocycles. The molecule has 4 nitrogen and oxygen atoms in total. The Balaban J connectivity index is 1.78.